The Morgan fingerprint density at radius 2 is 2.25 bits per heavy atom. The molecule has 0 saturated heterocycles. The maximum absolute atomic E-state index is 12.2. The zero-order chi connectivity index (χ0) is 14.1. The van der Waals surface area contributed by atoms with Gasteiger partial charge in [0.05, 0.1) is 11.1 Å². The summed E-state index contributed by atoms with van der Waals surface area (Å²) in [6.45, 7) is 0. The quantitative estimate of drug-likeness (QED) is 0.744. The fourth-order valence-electron chi connectivity index (χ4n) is 2.72. The first-order chi connectivity index (χ1) is 9.63. The number of H-pyrrole nitrogens is 1. The van der Waals surface area contributed by atoms with Crippen molar-refractivity contribution >= 4 is 23.2 Å². The molecule has 3 rings (SSSR count). The number of anilines is 1. The molecule has 1 aliphatic rings. The van der Waals surface area contributed by atoms with E-state index in [-0.39, 0.29) is 11.9 Å². The second kappa shape index (κ2) is 5.21. The van der Waals surface area contributed by atoms with E-state index >= 15 is 0 Å². The number of amides is 1. The number of aromatic amines is 1. The van der Waals surface area contributed by atoms with Gasteiger partial charge in [-0.15, -0.1) is 0 Å². The summed E-state index contributed by atoms with van der Waals surface area (Å²) < 4.78 is 0. The van der Waals surface area contributed by atoms with E-state index in [0.29, 0.717) is 10.7 Å². The van der Waals surface area contributed by atoms with Crippen LogP contribution in [0, 0.1) is 0 Å². The third-order valence-corrected chi connectivity index (χ3v) is 3.90. The molecule has 0 fully saturated rings. The van der Waals surface area contributed by atoms with Crippen LogP contribution < -0.4 is 11.1 Å². The topological polar surface area (TPSA) is 70.9 Å². The predicted octanol–water partition coefficient (Wildman–Crippen LogP) is 3.06. The van der Waals surface area contributed by atoms with Gasteiger partial charge in [-0.05, 0) is 48.6 Å². The molecule has 1 aromatic carbocycles. The molecule has 1 atom stereocenters. The lowest BCUT2D eigenvalue weighted by Crippen LogP contribution is -2.31. The first-order valence-electron chi connectivity index (χ1n) is 6.66. The number of nitrogens with one attached hydrogen (secondary N) is 2. The molecule has 1 aromatic heterocycles. The number of nitrogens with two attached hydrogens (primary N) is 1. The van der Waals surface area contributed by atoms with Crippen LogP contribution in [0.1, 0.15) is 40.5 Å². The van der Waals surface area contributed by atoms with Gasteiger partial charge in [0.15, 0.2) is 0 Å². The van der Waals surface area contributed by atoms with Gasteiger partial charge >= 0.3 is 0 Å². The van der Waals surface area contributed by atoms with Gasteiger partial charge in [0, 0.05) is 11.9 Å². The van der Waals surface area contributed by atoms with Crippen molar-refractivity contribution in [2.75, 3.05) is 5.73 Å². The molecule has 5 heteroatoms. The Balaban J connectivity index is 1.81. The van der Waals surface area contributed by atoms with E-state index in [4.69, 9.17) is 17.3 Å². The number of hydrogen-bond acceptors (Lipinski definition) is 2. The Labute approximate surface area is 122 Å². The zero-order valence-electron chi connectivity index (χ0n) is 10.9. The smallest absolute Gasteiger partial charge is 0.268 e. The molecule has 4 nitrogen and oxygen atoms in total. The molecule has 1 unspecified atom stereocenters. The Morgan fingerprint density at radius 3 is 3.00 bits per heavy atom. The van der Waals surface area contributed by atoms with Crippen LogP contribution >= 0.6 is 11.6 Å². The number of aryl methyl sites for hydroxylation is 1. The van der Waals surface area contributed by atoms with E-state index in [1.54, 1.807) is 12.3 Å². The van der Waals surface area contributed by atoms with Crippen molar-refractivity contribution in [1.82, 2.24) is 10.3 Å². The molecular formula is C15H16ClN3O. The van der Waals surface area contributed by atoms with Gasteiger partial charge in [-0.2, -0.15) is 0 Å². The summed E-state index contributed by atoms with van der Waals surface area (Å²) in [6.07, 6.45) is 4.61. The molecule has 1 aliphatic carbocycles. The minimum absolute atomic E-state index is 0.0360. The maximum Gasteiger partial charge on any atom is 0.268 e. The molecule has 20 heavy (non-hydrogen) atoms. The number of benzene rings is 1. The normalized spacial score (nSPS) is 17.6. The second-order valence-corrected chi connectivity index (χ2v) is 5.54. The highest BCUT2D eigenvalue weighted by molar-refractivity contribution is 6.30. The third kappa shape index (κ3) is 2.51. The van der Waals surface area contributed by atoms with E-state index in [9.17, 15) is 4.79 Å². The lowest BCUT2D eigenvalue weighted by Gasteiger charge is -2.26. The highest BCUT2D eigenvalue weighted by Gasteiger charge is 2.22. The van der Waals surface area contributed by atoms with E-state index in [0.717, 1.165) is 30.5 Å². The Morgan fingerprint density at radius 1 is 1.40 bits per heavy atom. The monoisotopic (exact) mass is 289 g/mol. The molecule has 1 heterocycles. The molecule has 0 radical (unpaired) electrons. The van der Waals surface area contributed by atoms with Gasteiger partial charge in [-0.1, -0.05) is 17.7 Å². The summed E-state index contributed by atoms with van der Waals surface area (Å²) in [6, 6.07) is 7.56. The van der Waals surface area contributed by atoms with Crippen molar-refractivity contribution in [3.05, 3.63) is 52.3 Å². The van der Waals surface area contributed by atoms with E-state index < -0.39 is 0 Å². The van der Waals surface area contributed by atoms with Crippen LogP contribution in [0.15, 0.2) is 30.5 Å². The van der Waals surface area contributed by atoms with Crippen LogP contribution in [0.4, 0.5) is 5.69 Å². The van der Waals surface area contributed by atoms with Crippen LogP contribution in [0.3, 0.4) is 0 Å². The average Bonchev–Trinajstić information content (AvgIpc) is 2.85. The van der Waals surface area contributed by atoms with Crippen molar-refractivity contribution in [2.24, 2.45) is 0 Å². The van der Waals surface area contributed by atoms with Gasteiger partial charge in [0.25, 0.3) is 5.91 Å². The molecule has 2 aromatic rings. The molecule has 0 aliphatic heterocycles. The molecule has 4 N–H and O–H groups in total. The SMILES string of the molecule is Nc1ccc2c(c1)CCCC2NC(=O)c1cc(Cl)c[nH]1. The number of carbonyl (C=O) groups excluding carboxylic acids is 1. The van der Waals surface area contributed by atoms with Crippen molar-refractivity contribution in [3.63, 3.8) is 0 Å². The molecular weight excluding hydrogens is 274 g/mol. The number of nitrogen functional groups attached to an aromatic ring is 1. The molecule has 104 valence electrons. The number of rotatable bonds is 2. The fraction of sp³-hybridized carbons (Fsp3) is 0.267. The second-order valence-electron chi connectivity index (χ2n) is 5.11. The van der Waals surface area contributed by atoms with Crippen LogP contribution in [0.5, 0.6) is 0 Å². The van der Waals surface area contributed by atoms with Crippen LogP contribution in [0.2, 0.25) is 5.02 Å². The molecule has 0 bridgehead atoms. The van der Waals surface area contributed by atoms with Gasteiger partial charge in [-0.3, -0.25) is 4.79 Å². The van der Waals surface area contributed by atoms with Gasteiger partial charge in [0.1, 0.15) is 5.69 Å². The minimum Gasteiger partial charge on any atom is -0.399 e. The van der Waals surface area contributed by atoms with Crippen molar-refractivity contribution in [2.45, 2.75) is 25.3 Å². The van der Waals surface area contributed by atoms with Crippen molar-refractivity contribution in [3.8, 4) is 0 Å². The molecule has 1 amide bonds. The van der Waals surface area contributed by atoms with Crippen LogP contribution in [0.25, 0.3) is 0 Å². The van der Waals surface area contributed by atoms with Crippen molar-refractivity contribution < 1.29 is 4.79 Å². The van der Waals surface area contributed by atoms with Gasteiger partial charge in [-0.25, -0.2) is 0 Å². The molecule has 0 spiro atoms. The highest BCUT2D eigenvalue weighted by atomic mass is 35.5. The largest absolute Gasteiger partial charge is 0.399 e. The maximum atomic E-state index is 12.2. The number of fused-ring (bicyclic) bond motifs is 1. The lowest BCUT2D eigenvalue weighted by atomic mass is 9.87. The van der Waals surface area contributed by atoms with E-state index in [1.807, 2.05) is 18.2 Å². The summed E-state index contributed by atoms with van der Waals surface area (Å²) in [5.74, 6) is -0.133. The number of carbonyl (C=O) groups is 1. The van der Waals surface area contributed by atoms with E-state index in [1.165, 1.54) is 5.56 Å². The van der Waals surface area contributed by atoms with Gasteiger partial charge < -0.3 is 16.0 Å². The average molecular weight is 290 g/mol. The summed E-state index contributed by atoms with van der Waals surface area (Å²) in [7, 11) is 0. The summed E-state index contributed by atoms with van der Waals surface area (Å²) in [5.41, 5.74) is 9.46. The summed E-state index contributed by atoms with van der Waals surface area (Å²) >= 11 is 5.82. The Kier molecular flexibility index (Phi) is 3.40. The third-order valence-electron chi connectivity index (χ3n) is 3.68. The van der Waals surface area contributed by atoms with Crippen LogP contribution in [-0.2, 0) is 6.42 Å². The first kappa shape index (κ1) is 13.1. The lowest BCUT2D eigenvalue weighted by molar-refractivity contribution is 0.0928. The summed E-state index contributed by atoms with van der Waals surface area (Å²) in [5, 5.41) is 3.59. The van der Waals surface area contributed by atoms with Crippen LogP contribution in [-0.4, -0.2) is 10.9 Å². The standard InChI is InChI=1S/C15H16ClN3O/c16-10-7-14(18-8-10)15(20)19-13-3-1-2-9-6-11(17)4-5-12(9)13/h4-8,13,18H,1-3,17H2,(H,19,20). The molecule has 0 saturated carbocycles. The minimum atomic E-state index is -0.133. The summed E-state index contributed by atoms with van der Waals surface area (Å²) in [4.78, 5) is 15.0. The Hall–Kier alpha value is -1.94. The predicted molar refractivity (Wildman–Crippen MR) is 79.8 cm³/mol. The number of aromatic nitrogens is 1. The zero-order valence-corrected chi connectivity index (χ0v) is 11.7. The number of hydrogen-bond donors (Lipinski definition) is 3. The number of halogens is 1. The first-order valence-corrected chi connectivity index (χ1v) is 7.04. The fourth-order valence-corrected chi connectivity index (χ4v) is 2.88. The van der Waals surface area contributed by atoms with E-state index in [2.05, 4.69) is 10.3 Å². The van der Waals surface area contributed by atoms with Crippen molar-refractivity contribution in [1.29, 1.82) is 0 Å². The Bertz CT molecular complexity index is 650. The van der Waals surface area contributed by atoms with Gasteiger partial charge in [0.2, 0.25) is 0 Å². The highest BCUT2D eigenvalue weighted by Crippen LogP contribution is 2.31.